The highest BCUT2D eigenvalue weighted by Crippen LogP contribution is 2.33. The van der Waals surface area contributed by atoms with Crippen LogP contribution in [0.4, 0.5) is 0 Å². The Bertz CT molecular complexity index is 488. The molecule has 0 radical (unpaired) electrons. The summed E-state index contributed by atoms with van der Waals surface area (Å²) in [5, 5.41) is 9.00. The summed E-state index contributed by atoms with van der Waals surface area (Å²) in [4.78, 5) is 0. The summed E-state index contributed by atoms with van der Waals surface area (Å²) in [6, 6.07) is 5.70. The maximum Gasteiger partial charge on any atom is 0.113 e. The zero-order chi connectivity index (χ0) is 10.3. The smallest absolute Gasteiger partial charge is 0.113 e. The molecule has 15 heavy (non-hydrogen) atoms. The Morgan fingerprint density at radius 1 is 1.40 bits per heavy atom. The first-order valence-electron chi connectivity index (χ1n) is 5.32. The molecule has 0 aliphatic heterocycles. The minimum atomic E-state index is 0.748. The second-order valence-electron chi connectivity index (χ2n) is 4.18. The maximum absolute atomic E-state index is 5.95. The molecule has 0 unspecified atom stereocenters. The molecule has 1 heterocycles. The number of halogens is 1. The molecule has 0 N–H and O–H groups in total. The van der Waals surface area contributed by atoms with Crippen molar-refractivity contribution in [1.29, 1.82) is 0 Å². The molecule has 1 aliphatic carbocycles. The highest BCUT2D eigenvalue weighted by molar-refractivity contribution is 6.31. The van der Waals surface area contributed by atoms with Crippen LogP contribution in [-0.2, 0) is 6.54 Å². The lowest BCUT2D eigenvalue weighted by Crippen LogP contribution is -2.00. The van der Waals surface area contributed by atoms with Gasteiger partial charge in [0, 0.05) is 11.6 Å². The number of hydrogen-bond acceptors (Lipinski definition) is 2. The van der Waals surface area contributed by atoms with Gasteiger partial charge in [0.2, 0.25) is 0 Å². The van der Waals surface area contributed by atoms with Crippen molar-refractivity contribution < 1.29 is 0 Å². The van der Waals surface area contributed by atoms with Crippen LogP contribution in [0.3, 0.4) is 0 Å². The molecule has 3 nitrogen and oxygen atoms in total. The summed E-state index contributed by atoms with van der Waals surface area (Å²) in [5.74, 6) is 0.920. The zero-order valence-electron chi connectivity index (χ0n) is 8.36. The van der Waals surface area contributed by atoms with Crippen LogP contribution in [-0.4, -0.2) is 15.0 Å². The molecule has 1 aliphatic rings. The van der Waals surface area contributed by atoms with Gasteiger partial charge >= 0.3 is 0 Å². The Balaban J connectivity index is 1.91. The van der Waals surface area contributed by atoms with Crippen molar-refractivity contribution in [2.24, 2.45) is 5.92 Å². The molecule has 1 saturated carbocycles. The standard InChI is InChI=1S/C11H12ClN3/c12-9-3-4-10-11(7-9)15(14-13-10)6-5-8-1-2-8/h3-4,7-8H,1-2,5-6H2. The van der Waals surface area contributed by atoms with Gasteiger partial charge in [0.25, 0.3) is 0 Å². The minimum absolute atomic E-state index is 0.748. The lowest BCUT2D eigenvalue weighted by molar-refractivity contribution is 0.544. The van der Waals surface area contributed by atoms with Crippen LogP contribution < -0.4 is 0 Å². The Kier molecular flexibility index (Phi) is 2.13. The van der Waals surface area contributed by atoms with Crippen LogP contribution in [0.5, 0.6) is 0 Å². The largest absolute Gasteiger partial charge is 0.245 e. The minimum Gasteiger partial charge on any atom is -0.245 e. The Labute approximate surface area is 93.0 Å². The summed E-state index contributed by atoms with van der Waals surface area (Å²) >= 11 is 5.95. The van der Waals surface area contributed by atoms with Gasteiger partial charge in [-0.05, 0) is 30.5 Å². The number of nitrogens with zero attached hydrogens (tertiary/aromatic N) is 3. The van der Waals surface area contributed by atoms with Crippen LogP contribution in [0.2, 0.25) is 5.02 Å². The SMILES string of the molecule is Clc1ccc2nnn(CCC3CC3)c2c1. The van der Waals surface area contributed by atoms with Crippen molar-refractivity contribution in [3.05, 3.63) is 23.2 Å². The molecule has 2 aromatic rings. The third kappa shape index (κ3) is 1.84. The summed E-state index contributed by atoms with van der Waals surface area (Å²) in [5.41, 5.74) is 1.97. The molecule has 0 atom stereocenters. The fourth-order valence-electron chi connectivity index (χ4n) is 1.81. The normalized spacial score (nSPS) is 16.1. The van der Waals surface area contributed by atoms with Gasteiger partial charge in [-0.1, -0.05) is 29.7 Å². The highest BCUT2D eigenvalue weighted by atomic mass is 35.5. The molecule has 0 amide bonds. The first-order chi connectivity index (χ1) is 7.33. The molecule has 3 rings (SSSR count). The van der Waals surface area contributed by atoms with Gasteiger partial charge in [-0.25, -0.2) is 4.68 Å². The number of rotatable bonds is 3. The summed E-state index contributed by atoms with van der Waals surface area (Å²) in [6.07, 6.45) is 3.98. The molecule has 1 fully saturated rings. The third-order valence-corrected chi connectivity index (χ3v) is 3.16. The molecule has 0 spiro atoms. The Morgan fingerprint density at radius 2 is 2.27 bits per heavy atom. The van der Waals surface area contributed by atoms with Crippen LogP contribution in [0.25, 0.3) is 11.0 Å². The van der Waals surface area contributed by atoms with E-state index in [1.165, 1.54) is 19.3 Å². The number of hydrogen-bond donors (Lipinski definition) is 0. The van der Waals surface area contributed by atoms with Gasteiger partial charge in [0.15, 0.2) is 0 Å². The molecule has 0 bridgehead atoms. The van der Waals surface area contributed by atoms with Crippen molar-refractivity contribution in [3.63, 3.8) is 0 Å². The van der Waals surface area contributed by atoms with Gasteiger partial charge in [-0.15, -0.1) is 5.10 Å². The fraction of sp³-hybridized carbons (Fsp3) is 0.455. The molecule has 0 saturated heterocycles. The fourth-order valence-corrected chi connectivity index (χ4v) is 1.98. The first-order valence-corrected chi connectivity index (χ1v) is 5.69. The predicted octanol–water partition coefficient (Wildman–Crippen LogP) is 2.88. The van der Waals surface area contributed by atoms with Crippen LogP contribution in [0.15, 0.2) is 18.2 Å². The zero-order valence-corrected chi connectivity index (χ0v) is 9.11. The molecular weight excluding hydrogens is 210 g/mol. The van der Waals surface area contributed by atoms with E-state index in [0.717, 1.165) is 28.5 Å². The van der Waals surface area contributed by atoms with E-state index in [2.05, 4.69) is 10.3 Å². The van der Waals surface area contributed by atoms with E-state index in [1.807, 2.05) is 22.9 Å². The van der Waals surface area contributed by atoms with Crippen molar-refractivity contribution in [3.8, 4) is 0 Å². The number of aryl methyl sites for hydroxylation is 1. The lowest BCUT2D eigenvalue weighted by atomic mass is 10.3. The van der Waals surface area contributed by atoms with Gasteiger partial charge in [0.1, 0.15) is 5.52 Å². The average Bonchev–Trinajstić information content (AvgIpc) is 2.97. The van der Waals surface area contributed by atoms with Gasteiger partial charge in [-0.2, -0.15) is 0 Å². The quantitative estimate of drug-likeness (QED) is 0.798. The molecule has 4 heteroatoms. The third-order valence-electron chi connectivity index (χ3n) is 2.92. The highest BCUT2D eigenvalue weighted by Gasteiger charge is 2.21. The topological polar surface area (TPSA) is 30.7 Å². The van der Waals surface area contributed by atoms with E-state index in [1.54, 1.807) is 0 Å². The molecule has 1 aromatic heterocycles. The van der Waals surface area contributed by atoms with Crippen molar-refractivity contribution in [2.45, 2.75) is 25.8 Å². The van der Waals surface area contributed by atoms with Crippen LogP contribution in [0, 0.1) is 5.92 Å². The number of benzene rings is 1. The van der Waals surface area contributed by atoms with Gasteiger partial charge in [0.05, 0.1) is 5.52 Å². The summed E-state index contributed by atoms with van der Waals surface area (Å²) in [6.45, 7) is 0.960. The molecule has 1 aromatic carbocycles. The van der Waals surface area contributed by atoms with E-state index in [0.29, 0.717) is 0 Å². The van der Waals surface area contributed by atoms with Crippen LogP contribution in [0.1, 0.15) is 19.3 Å². The van der Waals surface area contributed by atoms with Crippen LogP contribution >= 0.6 is 11.6 Å². The predicted molar refractivity (Wildman–Crippen MR) is 59.9 cm³/mol. The van der Waals surface area contributed by atoms with E-state index in [9.17, 15) is 0 Å². The number of fused-ring (bicyclic) bond motifs is 1. The average molecular weight is 222 g/mol. The Hall–Kier alpha value is -1.09. The summed E-state index contributed by atoms with van der Waals surface area (Å²) < 4.78 is 1.96. The number of aromatic nitrogens is 3. The van der Waals surface area contributed by atoms with E-state index >= 15 is 0 Å². The van der Waals surface area contributed by atoms with E-state index in [-0.39, 0.29) is 0 Å². The van der Waals surface area contributed by atoms with Gasteiger partial charge in [-0.3, -0.25) is 0 Å². The second kappa shape index (κ2) is 3.49. The van der Waals surface area contributed by atoms with E-state index < -0.39 is 0 Å². The van der Waals surface area contributed by atoms with Gasteiger partial charge < -0.3 is 0 Å². The molecule has 78 valence electrons. The molecular formula is C11H12ClN3. The summed E-state index contributed by atoms with van der Waals surface area (Å²) in [7, 11) is 0. The maximum atomic E-state index is 5.95. The van der Waals surface area contributed by atoms with Crippen molar-refractivity contribution in [2.75, 3.05) is 0 Å². The van der Waals surface area contributed by atoms with Crippen molar-refractivity contribution in [1.82, 2.24) is 15.0 Å². The lowest BCUT2D eigenvalue weighted by Gasteiger charge is -2.00. The monoisotopic (exact) mass is 221 g/mol. The van der Waals surface area contributed by atoms with E-state index in [4.69, 9.17) is 11.6 Å². The van der Waals surface area contributed by atoms with Crippen molar-refractivity contribution >= 4 is 22.6 Å². The second-order valence-corrected chi connectivity index (χ2v) is 4.61. The Morgan fingerprint density at radius 3 is 3.07 bits per heavy atom. The first kappa shape index (κ1) is 9.16.